The van der Waals surface area contributed by atoms with E-state index in [2.05, 4.69) is 11.1 Å². The molecule has 0 bridgehead atoms. The van der Waals surface area contributed by atoms with Crippen molar-refractivity contribution in [2.45, 2.75) is 45.4 Å². The van der Waals surface area contributed by atoms with Crippen LogP contribution in [0.4, 0.5) is 0 Å². The van der Waals surface area contributed by atoms with Crippen molar-refractivity contribution in [2.24, 2.45) is 0 Å². The molecule has 0 aromatic rings. The van der Waals surface area contributed by atoms with Gasteiger partial charge in [-0.3, -0.25) is 4.55 Å². The van der Waals surface area contributed by atoms with Gasteiger partial charge in [-0.2, -0.15) is 8.42 Å². The zero-order valence-electron chi connectivity index (χ0n) is 8.74. The number of hydrogen-bond acceptors (Lipinski definition) is 4. The van der Waals surface area contributed by atoms with E-state index in [-0.39, 0.29) is 12.8 Å². The van der Waals surface area contributed by atoms with Gasteiger partial charge in [0.1, 0.15) is 0 Å². The minimum Gasteiger partial charge on any atom is -0.344 e. The molecule has 0 aromatic carbocycles. The smallest absolute Gasteiger partial charge is 0.344 e. The molecular weight excluding hydrogens is 206 g/mol. The van der Waals surface area contributed by atoms with Crippen molar-refractivity contribution < 1.29 is 17.2 Å². The van der Waals surface area contributed by atoms with Gasteiger partial charge in [0.25, 0.3) is 0 Å². The Morgan fingerprint density at radius 1 is 1.07 bits per heavy atom. The van der Waals surface area contributed by atoms with E-state index >= 15 is 0 Å². The van der Waals surface area contributed by atoms with E-state index in [9.17, 15) is 8.42 Å². The summed E-state index contributed by atoms with van der Waals surface area (Å²) in [6.45, 7) is 2.23. The SMILES string of the molecule is CCCCCCCCOS(=O)(=O)O.N. The number of unbranched alkanes of at least 4 members (excludes halogenated alkanes) is 5. The van der Waals surface area contributed by atoms with E-state index in [0.29, 0.717) is 6.42 Å². The maximum Gasteiger partial charge on any atom is 0.397 e. The van der Waals surface area contributed by atoms with Crippen LogP contribution < -0.4 is 6.15 Å². The first kappa shape index (κ1) is 16.3. The molecule has 14 heavy (non-hydrogen) atoms. The summed E-state index contributed by atoms with van der Waals surface area (Å²) in [4.78, 5) is 0. The van der Waals surface area contributed by atoms with Gasteiger partial charge in [0, 0.05) is 0 Å². The molecule has 0 aliphatic rings. The van der Waals surface area contributed by atoms with Crippen LogP contribution in [0.3, 0.4) is 0 Å². The topological polar surface area (TPSA) is 98.6 Å². The molecule has 5 nitrogen and oxygen atoms in total. The summed E-state index contributed by atoms with van der Waals surface area (Å²) >= 11 is 0. The molecule has 0 saturated heterocycles. The van der Waals surface area contributed by atoms with Gasteiger partial charge in [0.2, 0.25) is 0 Å². The Kier molecular flexibility index (Phi) is 10.9. The summed E-state index contributed by atoms with van der Waals surface area (Å²) in [5.41, 5.74) is 0. The highest BCUT2D eigenvalue weighted by atomic mass is 32.3. The molecule has 0 saturated carbocycles. The van der Waals surface area contributed by atoms with Crippen LogP contribution in [-0.4, -0.2) is 19.6 Å². The van der Waals surface area contributed by atoms with E-state index in [4.69, 9.17) is 4.55 Å². The molecule has 0 aliphatic heterocycles. The lowest BCUT2D eigenvalue weighted by molar-refractivity contribution is 0.261. The number of hydrogen-bond donors (Lipinski definition) is 2. The Morgan fingerprint density at radius 2 is 1.57 bits per heavy atom. The van der Waals surface area contributed by atoms with Crippen molar-refractivity contribution >= 4 is 10.4 Å². The van der Waals surface area contributed by atoms with Crippen molar-refractivity contribution in [1.82, 2.24) is 6.15 Å². The summed E-state index contributed by atoms with van der Waals surface area (Å²) in [5, 5.41) is 0. The van der Waals surface area contributed by atoms with Gasteiger partial charge < -0.3 is 6.15 Å². The van der Waals surface area contributed by atoms with Crippen LogP contribution in [0, 0.1) is 0 Å². The average Bonchev–Trinajstić information content (AvgIpc) is 2.01. The first-order valence-electron chi connectivity index (χ1n) is 4.68. The summed E-state index contributed by atoms with van der Waals surface area (Å²) in [6, 6.07) is 0. The second-order valence-corrected chi connectivity index (χ2v) is 4.11. The molecular formula is C8H21NO4S. The van der Waals surface area contributed by atoms with Crippen LogP contribution in [0.5, 0.6) is 0 Å². The van der Waals surface area contributed by atoms with E-state index in [1.54, 1.807) is 0 Å². The Labute approximate surface area is 86.4 Å². The minimum absolute atomic E-state index is 0. The highest BCUT2D eigenvalue weighted by Crippen LogP contribution is 2.05. The van der Waals surface area contributed by atoms with Crippen molar-refractivity contribution in [3.63, 3.8) is 0 Å². The molecule has 88 valence electrons. The highest BCUT2D eigenvalue weighted by Gasteiger charge is 2.02. The molecule has 0 amide bonds. The van der Waals surface area contributed by atoms with Gasteiger partial charge in [0.05, 0.1) is 6.61 Å². The van der Waals surface area contributed by atoms with E-state index < -0.39 is 10.4 Å². The first-order valence-corrected chi connectivity index (χ1v) is 6.04. The van der Waals surface area contributed by atoms with Gasteiger partial charge in [-0.15, -0.1) is 0 Å². The Bertz CT molecular complexity index is 203. The molecule has 0 unspecified atom stereocenters. The van der Waals surface area contributed by atoms with E-state index in [0.717, 1.165) is 12.8 Å². The summed E-state index contributed by atoms with van der Waals surface area (Å²) in [6.07, 6.45) is 6.34. The molecule has 0 rings (SSSR count). The van der Waals surface area contributed by atoms with Crippen LogP contribution in [0.2, 0.25) is 0 Å². The van der Waals surface area contributed by atoms with E-state index in [1.165, 1.54) is 19.3 Å². The zero-order valence-corrected chi connectivity index (χ0v) is 9.55. The van der Waals surface area contributed by atoms with Crippen molar-refractivity contribution in [3.05, 3.63) is 0 Å². The van der Waals surface area contributed by atoms with Crippen LogP contribution >= 0.6 is 0 Å². The Balaban J connectivity index is 0. The van der Waals surface area contributed by atoms with Gasteiger partial charge in [-0.05, 0) is 6.42 Å². The maximum absolute atomic E-state index is 10.1. The Hall–Kier alpha value is -0.170. The fourth-order valence-corrected chi connectivity index (χ4v) is 1.38. The third kappa shape index (κ3) is 14.4. The standard InChI is InChI=1S/C8H18O4S.H3N/c1-2-3-4-5-6-7-8-12-13(9,10)11;/h2-8H2,1H3,(H,9,10,11);1H3. The van der Waals surface area contributed by atoms with Crippen molar-refractivity contribution in [1.29, 1.82) is 0 Å². The lowest BCUT2D eigenvalue weighted by Crippen LogP contribution is -2.04. The normalized spacial score (nSPS) is 11.0. The molecule has 4 N–H and O–H groups in total. The maximum atomic E-state index is 10.1. The molecule has 6 heteroatoms. The van der Waals surface area contributed by atoms with Crippen molar-refractivity contribution in [2.75, 3.05) is 6.61 Å². The van der Waals surface area contributed by atoms with Crippen LogP contribution in [0.25, 0.3) is 0 Å². The quantitative estimate of drug-likeness (QED) is 0.489. The van der Waals surface area contributed by atoms with Gasteiger partial charge in [0.15, 0.2) is 0 Å². The molecule has 0 heterocycles. The van der Waals surface area contributed by atoms with Gasteiger partial charge >= 0.3 is 10.4 Å². The largest absolute Gasteiger partial charge is 0.397 e. The van der Waals surface area contributed by atoms with Crippen molar-refractivity contribution in [3.8, 4) is 0 Å². The summed E-state index contributed by atoms with van der Waals surface area (Å²) in [7, 11) is -4.22. The molecule has 0 aliphatic carbocycles. The molecule has 0 radical (unpaired) electrons. The fraction of sp³-hybridized carbons (Fsp3) is 1.00. The molecule has 0 fully saturated rings. The zero-order chi connectivity index (χ0) is 10.2. The Morgan fingerprint density at radius 3 is 2.07 bits per heavy atom. The third-order valence-corrected chi connectivity index (χ3v) is 2.19. The second kappa shape index (κ2) is 9.39. The van der Waals surface area contributed by atoms with E-state index in [1.807, 2.05) is 0 Å². The number of rotatable bonds is 8. The van der Waals surface area contributed by atoms with Gasteiger partial charge in [-0.1, -0.05) is 39.0 Å². The summed E-state index contributed by atoms with van der Waals surface area (Å²) < 4.78 is 32.6. The minimum atomic E-state index is -4.22. The average molecular weight is 227 g/mol. The predicted molar refractivity (Wildman–Crippen MR) is 55.9 cm³/mol. The monoisotopic (exact) mass is 227 g/mol. The van der Waals surface area contributed by atoms with Gasteiger partial charge in [-0.25, -0.2) is 4.18 Å². The highest BCUT2D eigenvalue weighted by molar-refractivity contribution is 7.80. The summed E-state index contributed by atoms with van der Waals surface area (Å²) in [5.74, 6) is 0. The molecule has 0 spiro atoms. The van der Waals surface area contributed by atoms with Crippen LogP contribution in [0.1, 0.15) is 45.4 Å². The molecule has 0 aromatic heterocycles. The predicted octanol–water partition coefficient (Wildman–Crippen LogP) is 2.33. The lowest BCUT2D eigenvalue weighted by atomic mass is 10.1. The van der Waals surface area contributed by atoms with Crippen LogP contribution in [0.15, 0.2) is 0 Å². The third-order valence-electron chi connectivity index (χ3n) is 1.73. The fourth-order valence-electron chi connectivity index (χ4n) is 1.05. The van der Waals surface area contributed by atoms with Crippen LogP contribution in [-0.2, 0) is 14.6 Å². The first-order chi connectivity index (χ1) is 6.06. The molecule has 0 atom stereocenters. The lowest BCUT2D eigenvalue weighted by Gasteiger charge is -2.00. The second-order valence-electron chi connectivity index (χ2n) is 3.02.